The molecule has 52 heavy (non-hydrogen) atoms. The van der Waals surface area contributed by atoms with Gasteiger partial charge in [-0.3, -0.25) is 0 Å². The fourth-order valence-electron chi connectivity index (χ4n) is 8.66. The third-order valence-corrected chi connectivity index (χ3v) is 12.3. The van der Waals surface area contributed by atoms with Crippen molar-refractivity contribution in [2.45, 2.75) is 297 Å². The molecule has 1 unspecified atom stereocenters. The van der Waals surface area contributed by atoms with Crippen LogP contribution in [0.1, 0.15) is 290 Å². The summed E-state index contributed by atoms with van der Waals surface area (Å²) in [5.74, 6) is 0. The summed E-state index contributed by atoms with van der Waals surface area (Å²) >= 11 is 0. The van der Waals surface area contributed by atoms with Gasteiger partial charge in [0.05, 0.1) is 0 Å². The number of hydrogen-bond donors (Lipinski definition) is 0. The zero-order valence-electron chi connectivity index (χ0n) is 36.7. The molecular weight excluding hydrogens is 629 g/mol. The largest absolute Gasteiger partial charge is 0.356 e. The molecule has 0 aromatic rings. The molecule has 2 heteroatoms. The van der Waals surface area contributed by atoms with Gasteiger partial charge in [-0.25, -0.2) is 0 Å². The average molecular weight is 729 g/mol. The van der Waals surface area contributed by atoms with E-state index in [9.17, 15) is 0 Å². The van der Waals surface area contributed by atoms with Gasteiger partial charge in [0, 0.05) is 25.5 Å². The van der Waals surface area contributed by atoms with E-state index in [2.05, 4.69) is 43.0 Å². The highest BCUT2D eigenvalue weighted by atomic mass is 15.4. The van der Waals surface area contributed by atoms with Crippen LogP contribution in [0, 0.1) is 0 Å². The van der Waals surface area contributed by atoms with Gasteiger partial charge in [0.1, 0.15) is 6.17 Å². The van der Waals surface area contributed by atoms with Crippen molar-refractivity contribution in [1.29, 1.82) is 0 Å². The maximum atomic E-state index is 2.74. The van der Waals surface area contributed by atoms with Crippen molar-refractivity contribution in [3.8, 4) is 0 Å². The molecule has 0 N–H and O–H groups in total. The lowest BCUT2D eigenvalue weighted by molar-refractivity contribution is 0.135. The second-order valence-electron chi connectivity index (χ2n) is 17.5. The van der Waals surface area contributed by atoms with Crippen molar-refractivity contribution in [2.75, 3.05) is 13.1 Å². The lowest BCUT2D eigenvalue weighted by atomic mass is 10.0. The third kappa shape index (κ3) is 32.7. The van der Waals surface area contributed by atoms with Crippen LogP contribution in [0.4, 0.5) is 0 Å². The first-order valence-electron chi connectivity index (χ1n) is 25.0. The van der Waals surface area contributed by atoms with E-state index >= 15 is 0 Å². The highest BCUT2D eigenvalue weighted by Crippen LogP contribution is 2.24. The summed E-state index contributed by atoms with van der Waals surface area (Å²) in [6.07, 6.45) is 66.4. The number of unbranched alkanes of at least 4 members (excludes halogenated alkanes) is 38. The predicted octanol–water partition coefficient (Wildman–Crippen LogP) is 17.8. The smallest absolute Gasteiger partial charge is 0.101 e. The summed E-state index contributed by atoms with van der Waals surface area (Å²) in [4.78, 5) is 5.48. The maximum Gasteiger partial charge on any atom is 0.101 e. The van der Waals surface area contributed by atoms with Crippen LogP contribution in [0.2, 0.25) is 0 Å². The van der Waals surface area contributed by atoms with Gasteiger partial charge in [0.25, 0.3) is 0 Å². The SMILES string of the molecule is CCCCCCCCCCCCCCCCCCN1C=CN(CCCCCCCCCCCCC)C1CCCCCCCCCCCCCCCC. The molecule has 1 aliphatic rings. The molecular formula is C50H100N2. The second-order valence-corrected chi connectivity index (χ2v) is 17.5. The lowest BCUT2D eigenvalue weighted by Crippen LogP contribution is -2.39. The normalized spacial score (nSPS) is 14.4. The predicted molar refractivity (Wildman–Crippen MR) is 237 cm³/mol. The molecule has 2 nitrogen and oxygen atoms in total. The van der Waals surface area contributed by atoms with E-state index in [1.54, 1.807) is 0 Å². The quantitative estimate of drug-likeness (QED) is 0.0576. The van der Waals surface area contributed by atoms with Crippen LogP contribution in [0.25, 0.3) is 0 Å². The molecule has 310 valence electrons. The van der Waals surface area contributed by atoms with Crippen molar-refractivity contribution in [3.05, 3.63) is 12.4 Å². The molecule has 1 heterocycles. The summed E-state index contributed by atoms with van der Waals surface area (Å²) in [5.41, 5.74) is 0. The number of rotatable bonds is 44. The Morgan fingerprint density at radius 2 is 0.442 bits per heavy atom. The van der Waals surface area contributed by atoms with Crippen LogP contribution >= 0.6 is 0 Å². The maximum absolute atomic E-state index is 2.74. The first kappa shape index (κ1) is 49.4. The van der Waals surface area contributed by atoms with Crippen LogP contribution in [0.5, 0.6) is 0 Å². The molecule has 1 atom stereocenters. The topological polar surface area (TPSA) is 6.48 Å². The van der Waals surface area contributed by atoms with E-state index in [1.807, 2.05) is 0 Å². The van der Waals surface area contributed by atoms with E-state index in [4.69, 9.17) is 0 Å². The van der Waals surface area contributed by atoms with E-state index in [-0.39, 0.29) is 0 Å². The summed E-state index contributed by atoms with van der Waals surface area (Å²) < 4.78 is 0. The van der Waals surface area contributed by atoms with Crippen LogP contribution in [-0.2, 0) is 0 Å². The minimum absolute atomic E-state index is 0.636. The molecule has 0 aromatic carbocycles. The van der Waals surface area contributed by atoms with Gasteiger partial charge in [-0.05, 0) is 25.7 Å². The zero-order chi connectivity index (χ0) is 37.3. The zero-order valence-corrected chi connectivity index (χ0v) is 36.7. The van der Waals surface area contributed by atoms with Crippen LogP contribution in [-0.4, -0.2) is 29.1 Å². The summed E-state index contributed by atoms with van der Waals surface area (Å²) in [7, 11) is 0. The Hall–Kier alpha value is -0.660. The Kier molecular flexibility index (Phi) is 39.4. The van der Waals surface area contributed by atoms with Gasteiger partial charge in [-0.2, -0.15) is 0 Å². The molecule has 0 radical (unpaired) electrons. The first-order chi connectivity index (χ1) is 25.8. The molecule has 0 aromatic heterocycles. The molecule has 0 saturated heterocycles. The Bertz CT molecular complexity index is 688. The molecule has 0 aliphatic carbocycles. The van der Waals surface area contributed by atoms with Gasteiger partial charge < -0.3 is 9.80 Å². The average Bonchev–Trinajstić information content (AvgIpc) is 3.54. The fraction of sp³-hybridized carbons (Fsp3) is 0.960. The number of nitrogens with zero attached hydrogens (tertiary/aromatic N) is 2. The molecule has 0 saturated carbocycles. The van der Waals surface area contributed by atoms with Crippen LogP contribution in [0.15, 0.2) is 12.4 Å². The van der Waals surface area contributed by atoms with Crippen LogP contribution < -0.4 is 0 Å². The molecule has 0 fully saturated rings. The molecule has 0 spiro atoms. The van der Waals surface area contributed by atoms with Crippen molar-refractivity contribution in [1.82, 2.24) is 9.80 Å². The van der Waals surface area contributed by atoms with Gasteiger partial charge in [-0.1, -0.05) is 265 Å². The van der Waals surface area contributed by atoms with Crippen LogP contribution in [0.3, 0.4) is 0 Å². The van der Waals surface area contributed by atoms with E-state index < -0.39 is 0 Å². The minimum Gasteiger partial charge on any atom is -0.356 e. The van der Waals surface area contributed by atoms with Crippen molar-refractivity contribution in [2.24, 2.45) is 0 Å². The second kappa shape index (κ2) is 41.5. The summed E-state index contributed by atoms with van der Waals surface area (Å²) in [5, 5.41) is 0. The highest BCUT2D eigenvalue weighted by Gasteiger charge is 2.24. The van der Waals surface area contributed by atoms with E-state index in [1.165, 1.54) is 283 Å². The van der Waals surface area contributed by atoms with Crippen molar-refractivity contribution < 1.29 is 0 Å². The fourth-order valence-corrected chi connectivity index (χ4v) is 8.66. The third-order valence-electron chi connectivity index (χ3n) is 12.3. The van der Waals surface area contributed by atoms with E-state index in [0.717, 1.165) is 0 Å². The number of hydrogen-bond acceptors (Lipinski definition) is 2. The van der Waals surface area contributed by atoms with Crippen molar-refractivity contribution in [3.63, 3.8) is 0 Å². The Morgan fingerprint density at radius 1 is 0.250 bits per heavy atom. The molecule has 1 rings (SSSR count). The van der Waals surface area contributed by atoms with Gasteiger partial charge in [0.15, 0.2) is 0 Å². The Morgan fingerprint density at radius 3 is 0.673 bits per heavy atom. The highest BCUT2D eigenvalue weighted by molar-refractivity contribution is 4.97. The monoisotopic (exact) mass is 729 g/mol. The molecule has 0 amide bonds. The van der Waals surface area contributed by atoms with Gasteiger partial charge in [0.2, 0.25) is 0 Å². The summed E-state index contributed by atoms with van der Waals surface area (Å²) in [6, 6.07) is 0. The summed E-state index contributed by atoms with van der Waals surface area (Å²) in [6.45, 7) is 9.49. The lowest BCUT2D eigenvalue weighted by Gasteiger charge is -2.33. The first-order valence-corrected chi connectivity index (χ1v) is 25.0. The molecule has 1 aliphatic heterocycles. The Balaban J connectivity index is 2.19. The van der Waals surface area contributed by atoms with Gasteiger partial charge >= 0.3 is 0 Å². The van der Waals surface area contributed by atoms with Gasteiger partial charge in [-0.15, -0.1) is 0 Å². The van der Waals surface area contributed by atoms with E-state index in [0.29, 0.717) is 6.17 Å². The Labute approximate surface area is 330 Å². The molecule has 0 bridgehead atoms. The standard InChI is InChI=1S/C50H100N2/c1-4-7-10-13-16-19-22-24-26-27-29-32-35-38-41-44-47-52-49-48-51(46-43-40-37-34-31-21-18-15-12-9-6-3)50(52)45-42-39-36-33-30-28-25-23-20-17-14-11-8-5-2/h48-50H,4-47H2,1-3H3. The minimum atomic E-state index is 0.636. The van der Waals surface area contributed by atoms with Crippen molar-refractivity contribution >= 4 is 0 Å².